The summed E-state index contributed by atoms with van der Waals surface area (Å²) >= 11 is 1.78. The topological polar surface area (TPSA) is 79.5 Å². The van der Waals surface area contributed by atoms with E-state index in [1.165, 1.54) is 15.6 Å². The van der Waals surface area contributed by atoms with Crippen LogP contribution in [0.4, 0.5) is 0 Å². The monoisotopic (exact) mass is 485 g/mol. The van der Waals surface area contributed by atoms with Gasteiger partial charge in [0.2, 0.25) is 0 Å². The summed E-state index contributed by atoms with van der Waals surface area (Å²) in [5.74, 6) is 1.60. The number of nitrogens with one attached hydrogen (secondary N) is 2. The normalized spacial score (nSPS) is 11.4. The maximum atomic E-state index is 4.67. The van der Waals surface area contributed by atoms with Gasteiger partial charge in [-0.15, -0.1) is 45.5 Å². The Morgan fingerprint density at radius 1 is 1.27 bits per heavy atom. The molecule has 0 radical (unpaired) electrons. The molecule has 3 aromatic heterocycles. The number of thiazole rings is 1. The van der Waals surface area contributed by atoms with E-state index in [0.717, 1.165) is 36.8 Å². The molecule has 0 saturated heterocycles. The minimum atomic E-state index is 0. The number of fused-ring (bicyclic) bond motifs is 1. The fourth-order valence-corrected chi connectivity index (χ4v) is 3.63. The summed E-state index contributed by atoms with van der Waals surface area (Å²) in [6, 6.07) is 5.85. The second-order valence-electron chi connectivity index (χ2n) is 5.61. The zero-order chi connectivity index (χ0) is 17.6. The van der Waals surface area contributed by atoms with E-state index in [2.05, 4.69) is 44.7 Å². The molecule has 9 heteroatoms. The number of hydrogen-bond donors (Lipinski definition) is 2. The fraction of sp³-hybridized carbons (Fsp3) is 0.412. The van der Waals surface area contributed by atoms with E-state index in [0.29, 0.717) is 6.54 Å². The molecule has 0 saturated carbocycles. The van der Waals surface area contributed by atoms with Crippen LogP contribution in [0.25, 0.3) is 5.65 Å². The number of halogens is 1. The van der Waals surface area contributed by atoms with Crippen LogP contribution >= 0.6 is 35.3 Å². The van der Waals surface area contributed by atoms with E-state index in [9.17, 15) is 0 Å². The molecule has 0 bridgehead atoms. The van der Waals surface area contributed by atoms with Gasteiger partial charge in [-0.05, 0) is 25.5 Å². The van der Waals surface area contributed by atoms with Gasteiger partial charge in [0, 0.05) is 31.1 Å². The fourth-order valence-electron chi connectivity index (χ4n) is 2.61. The summed E-state index contributed by atoms with van der Waals surface area (Å²) in [6.07, 6.45) is 3.84. The highest BCUT2D eigenvalue weighted by Crippen LogP contribution is 2.17. The van der Waals surface area contributed by atoms with Crippen LogP contribution in [0.1, 0.15) is 28.3 Å². The molecule has 0 atom stereocenters. The molecule has 140 valence electrons. The Labute approximate surface area is 174 Å². The number of nitrogens with zero attached hydrogens (tertiary/aromatic N) is 5. The van der Waals surface area contributed by atoms with Crippen molar-refractivity contribution in [3.63, 3.8) is 0 Å². The molecule has 0 fully saturated rings. The predicted octanol–water partition coefficient (Wildman–Crippen LogP) is 2.58. The molecule has 0 aliphatic rings. The highest BCUT2D eigenvalue weighted by molar-refractivity contribution is 14.0. The van der Waals surface area contributed by atoms with Crippen molar-refractivity contribution < 1.29 is 0 Å². The molecule has 0 aliphatic carbocycles. The van der Waals surface area contributed by atoms with E-state index in [-0.39, 0.29) is 24.0 Å². The molecule has 0 spiro atoms. The molecule has 26 heavy (non-hydrogen) atoms. The number of pyridine rings is 1. The van der Waals surface area contributed by atoms with Crippen LogP contribution in [0.15, 0.2) is 29.4 Å². The Balaban J connectivity index is 0.00000243. The van der Waals surface area contributed by atoms with Crippen molar-refractivity contribution in [2.24, 2.45) is 4.99 Å². The molecule has 0 aliphatic heterocycles. The van der Waals surface area contributed by atoms with Gasteiger partial charge in [-0.25, -0.2) is 4.98 Å². The second kappa shape index (κ2) is 9.81. The highest BCUT2D eigenvalue weighted by atomic mass is 127. The van der Waals surface area contributed by atoms with Crippen LogP contribution in [-0.2, 0) is 19.4 Å². The Morgan fingerprint density at radius 2 is 2.12 bits per heavy atom. The summed E-state index contributed by atoms with van der Waals surface area (Å²) in [6.45, 7) is 5.62. The van der Waals surface area contributed by atoms with Crippen molar-refractivity contribution in [2.75, 3.05) is 13.6 Å². The molecule has 0 amide bonds. The van der Waals surface area contributed by atoms with Gasteiger partial charge in [-0.2, -0.15) is 0 Å². The van der Waals surface area contributed by atoms with Crippen LogP contribution in [0, 0.1) is 6.92 Å². The molecular formula is C17H24IN7S. The van der Waals surface area contributed by atoms with Gasteiger partial charge < -0.3 is 10.6 Å². The van der Waals surface area contributed by atoms with Crippen molar-refractivity contribution in [1.29, 1.82) is 0 Å². The van der Waals surface area contributed by atoms with E-state index in [1.807, 2.05) is 28.8 Å². The maximum Gasteiger partial charge on any atom is 0.191 e. The molecular weight excluding hydrogens is 461 g/mol. The van der Waals surface area contributed by atoms with Gasteiger partial charge in [0.1, 0.15) is 0 Å². The zero-order valence-corrected chi connectivity index (χ0v) is 18.3. The van der Waals surface area contributed by atoms with E-state index in [1.54, 1.807) is 18.4 Å². The quantitative estimate of drug-likeness (QED) is 0.319. The average molecular weight is 485 g/mol. The molecule has 3 heterocycles. The van der Waals surface area contributed by atoms with E-state index < -0.39 is 0 Å². The lowest BCUT2D eigenvalue weighted by Crippen LogP contribution is -2.38. The zero-order valence-electron chi connectivity index (χ0n) is 15.2. The first-order valence-electron chi connectivity index (χ1n) is 8.39. The lowest BCUT2D eigenvalue weighted by molar-refractivity contribution is 0.755. The van der Waals surface area contributed by atoms with Gasteiger partial charge in [0.25, 0.3) is 0 Å². The van der Waals surface area contributed by atoms with Crippen LogP contribution in [0.5, 0.6) is 0 Å². The van der Waals surface area contributed by atoms with E-state index >= 15 is 0 Å². The average Bonchev–Trinajstić information content (AvgIpc) is 3.21. The number of guanidine groups is 1. The first-order valence-corrected chi connectivity index (χ1v) is 9.21. The van der Waals surface area contributed by atoms with Crippen molar-refractivity contribution >= 4 is 46.9 Å². The minimum Gasteiger partial charge on any atom is -0.356 e. The van der Waals surface area contributed by atoms with Crippen molar-refractivity contribution in [2.45, 2.75) is 33.2 Å². The number of aromatic nitrogens is 4. The SMILES string of the molecule is CCc1nc(CCNC(=NC)NCc2nnc3ccccn23)sc1C.I. The standard InChI is InChI=1S/C17H23N7S.HI/c1-4-13-12(2)25-16(21-13)8-9-19-17(18-3)20-11-15-23-22-14-7-5-6-10-24(14)15;/h5-7,10H,4,8-9,11H2,1-3H3,(H2,18,19,20);1H. The van der Waals surface area contributed by atoms with Gasteiger partial charge in [-0.3, -0.25) is 9.39 Å². The molecule has 7 nitrogen and oxygen atoms in total. The summed E-state index contributed by atoms with van der Waals surface area (Å²) in [5, 5.41) is 16.1. The summed E-state index contributed by atoms with van der Waals surface area (Å²) in [5.41, 5.74) is 2.05. The maximum absolute atomic E-state index is 4.67. The lowest BCUT2D eigenvalue weighted by Gasteiger charge is -2.10. The highest BCUT2D eigenvalue weighted by Gasteiger charge is 2.07. The molecule has 3 rings (SSSR count). The number of rotatable bonds is 6. The third-order valence-electron chi connectivity index (χ3n) is 3.93. The van der Waals surface area contributed by atoms with Crippen molar-refractivity contribution in [3.05, 3.63) is 45.8 Å². The Morgan fingerprint density at radius 3 is 2.85 bits per heavy atom. The number of hydrogen-bond acceptors (Lipinski definition) is 5. The smallest absolute Gasteiger partial charge is 0.191 e. The van der Waals surface area contributed by atoms with Gasteiger partial charge in [0.15, 0.2) is 17.4 Å². The first kappa shape index (κ1) is 20.6. The van der Waals surface area contributed by atoms with Crippen LogP contribution < -0.4 is 10.6 Å². The van der Waals surface area contributed by atoms with Gasteiger partial charge in [0.05, 0.1) is 17.2 Å². The van der Waals surface area contributed by atoms with Crippen LogP contribution in [-0.4, -0.2) is 39.1 Å². The minimum absolute atomic E-state index is 0. The Bertz CT molecular complexity index is 871. The second-order valence-corrected chi connectivity index (χ2v) is 6.90. The number of aryl methyl sites for hydroxylation is 2. The Hall–Kier alpha value is -1.75. The van der Waals surface area contributed by atoms with Crippen LogP contribution in [0.3, 0.4) is 0 Å². The largest absolute Gasteiger partial charge is 0.356 e. The third kappa shape index (κ3) is 4.91. The first-order chi connectivity index (χ1) is 12.2. The molecule has 0 aromatic carbocycles. The molecule has 0 unspecified atom stereocenters. The third-order valence-corrected chi connectivity index (χ3v) is 5.00. The van der Waals surface area contributed by atoms with Crippen molar-refractivity contribution in [1.82, 2.24) is 30.2 Å². The summed E-state index contributed by atoms with van der Waals surface area (Å²) < 4.78 is 1.96. The van der Waals surface area contributed by atoms with Gasteiger partial charge >= 0.3 is 0 Å². The van der Waals surface area contributed by atoms with Crippen LogP contribution in [0.2, 0.25) is 0 Å². The molecule has 2 N–H and O–H groups in total. The summed E-state index contributed by atoms with van der Waals surface area (Å²) in [4.78, 5) is 10.2. The van der Waals surface area contributed by atoms with Crippen molar-refractivity contribution in [3.8, 4) is 0 Å². The summed E-state index contributed by atoms with van der Waals surface area (Å²) in [7, 11) is 1.76. The lowest BCUT2D eigenvalue weighted by atomic mass is 10.3. The predicted molar refractivity (Wildman–Crippen MR) is 117 cm³/mol. The van der Waals surface area contributed by atoms with E-state index in [4.69, 9.17) is 0 Å². The Kier molecular flexibility index (Phi) is 7.76. The molecule has 3 aromatic rings. The number of aliphatic imine (C=N–C) groups is 1. The van der Waals surface area contributed by atoms with Gasteiger partial charge in [-0.1, -0.05) is 13.0 Å².